The molecule has 7 heteroatoms. The van der Waals surface area contributed by atoms with E-state index >= 15 is 0 Å². The lowest BCUT2D eigenvalue weighted by Gasteiger charge is -2.09. The molecule has 0 aliphatic heterocycles. The van der Waals surface area contributed by atoms with Crippen molar-refractivity contribution in [2.75, 3.05) is 5.32 Å². The molecule has 1 N–H and O–H groups in total. The summed E-state index contributed by atoms with van der Waals surface area (Å²) < 4.78 is 27.2. The molecule has 0 saturated carbocycles. The number of halogens is 2. The zero-order chi connectivity index (χ0) is 15.6. The number of carbonyl (C=O) groups is 1. The van der Waals surface area contributed by atoms with Gasteiger partial charge < -0.3 is 5.32 Å². The van der Waals surface area contributed by atoms with Crippen LogP contribution in [0.5, 0.6) is 0 Å². The third-order valence-corrected chi connectivity index (χ3v) is 2.85. The molecule has 2 aromatic rings. The minimum Gasteiger partial charge on any atom is -0.322 e. The lowest BCUT2D eigenvalue weighted by molar-refractivity contribution is -0.387. The Morgan fingerprint density at radius 1 is 1.24 bits per heavy atom. The monoisotopic (exact) mass is 292 g/mol. The molecule has 0 saturated heterocycles. The zero-order valence-corrected chi connectivity index (χ0v) is 10.9. The van der Waals surface area contributed by atoms with Crippen molar-refractivity contribution >= 4 is 17.3 Å². The fraction of sp³-hybridized carbons (Fsp3) is 0.0714. The fourth-order valence-electron chi connectivity index (χ4n) is 1.78. The SMILES string of the molecule is Cc1ccccc1NC(=O)c1cc(F)cc([N+](=O)[O-])c1F. The average molecular weight is 292 g/mol. The summed E-state index contributed by atoms with van der Waals surface area (Å²) in [4.78, 5) is 21.5. The molecule has 108 valence electrons. The van der Waals surface area contributed by atoms with Crippen LogP contribution in [0.25, 0.3) is 0 Å². The topological polar surface area (TPSA) is 72.2 Å². The van der Waals surface area contributed by atoms with Crippen LogP contribution in [0, 0.1) is 28.7 Å². The molecule has 0 fully saturated rings. The molecule has 2 aromatic carbocycles. The minimum atomic E-state index is -1.37. The maximum Gasteiger partial charge on any atom is 0.308 e. The number of carbonyl (C=O) groups excluding carboxylic acids is 1. The lowest BCUT2D eigenvalue weighted by atomic mass is 10.1. The van der Waals surface area contributed by atoms with Gasteiger partial charge in [0.05, 0.1) is 16.6 Å². The second kappa shape index (κ2) is 5.66. The quantitative estimate of drug-likeness (QED) is 0.695. The molecule has 0 bridgehead atoms. The van der Waals surface area contributed by atoms with Gasteiger partial charge >= 0.3 is 5.69 Å². The van der Waals surface area contributed by atoms with Gasteiger partial charge in [-0.1, -0.05) is 18.2 Å². The Morgan fingerprint density at radius 2 is 1.90 bits per heavy atom. The molecule has 0 spiro atoms. The van der Waals surface area contributed by atoms with Crippen molar-refractivity contribution in [2.45, 2.75) is 6.92 Å². The maximum absolute atomic E-state index is 13.9. The lowest BCUT2D eigenvalue weighted by Crippen LogP contribution is -2.15. The third kappa shape index (κ3) is 3.02. The van der Waals surface area contributed by atoms with Crippen molar-refractivity contribution in [1.29, 1.82) is 0 Å². The van der Waals surface area contributed by atoms with Crippen molar-refractivity contribution in [2.24, 2.45) is 0 Å². The number of benzene rings is 2. The predicted molar refractivity (Wildman–Crippen MR) is 72.1 cm³/mol. The fourth-order valence-corrected chi connectivity index (χ4v) is 1.78. The average Bonchev–Trinajstić information content (AvgIpc) is 2.43. The molecular weight excluding hydrogens is 282 g/mol. The van der Waals surface area contributed by atoms with Crippen LogP contribution >= 0.6 is 0 Å². The number of nitrogens with one attached hydrogen (secondary N) is 1. The van der Waals surface area contributed by atoms with Gasteiger partial charge in [-0.2, -0.15) is 4.39 Å². The van der Waals surface area contributed by atoms with E-state index in [0.717, 1.165) is 5.56 Å². The highest BCUT2D eigenvalue weighted by molar-refractivity contribution is 6.05. The molecule has 0 heterocycles. The summed E-state index contributed by atoms with van der Waals surface area (Å²) in [5.41, 5.74) is -0.666. The van der Waals surface area contributed by atoms with E-state index in [0.29, 0.717) is 17.8 Å². The first-order valence-electron chi connectivity index (χ1n) is 5.90. The Labute approximate surface area is 118 Å². The van der Waals surface area contributed by atoms with E-state index in [4.69, 9.17) is 0 Å². The number of nitrogens with zero attached hydrogens (tertiary/aromatic N) is 1. The summed E-state index contributed by atoms with van der Waals surface area (Å²) in [5, 5.41) is 13.0. The van der Waals surface area contributed by atoms with E-state index < -0.39 is 33.7 Å². The molecule has 0 radical (unpaired) electrons. The van der Waals surface area contributed by atoms with Crippen LogP contribution in [0.1, 0.15) is 15.9 Å². The Morgan fingerprint density at radius 3 is 2.52 bits per heavy atom. The highest BCUT2D eigenvalue weighted by Gasteiger charge is 2.24. The molecule has 21 heavy (non-hydrogen) atoms. The van der Waals surface area contributed by atoms with Gasteiger partial charge in [0.15, 0.2) is 0 Å². The van der Waals surface area contributed by atoms with Gasteiger partial charge in [0.2, 0.25) is 5.82 Å². The Hall–Kier alpha value is -2.83. The number of hydrogen-bond donors (Lipinski definition) is 1. The standard InChI is InChI=1S/C14H10F2N2O3/c1-8-4-2-3-5-11(8)17-14(19)10-6-9(15)7-12(13(10)16)18(20)21/h2-7H,1H3,(H,17,19). The van der Waals surface area contributed by atoms with E-state index in [1.807, 2.05) is 0 Å². The van der Waals surface area contributed by atoms with Crippen LogP contribution in [0.15, 0.2) is 36.4 Å². The molecule has 2 rings (SSSR count). The number of para-hydroxylation sites is 1. The summed E-state index contributed by atoms with van der Waals surface area (Å²) in [7, 11) is 0. The minimum absolute atomic E-state index is 0.411. The highest BCUT2D eigenvalue weighted by Crippen LogP contribution is 2.24. The number of nitro groups is 1. The summed E-state index contributed by atoms with van der Waals surface area (Å²) in [6, 6.07) is 7.76. The van der Waals surface area contributed by atoms with Crippen LogP contribution in [0.3, 0.4) is 0 Å². The molecule has 0 aliphatic rings. The summed E-state index contributed by atoms with van der Waals surface area (Å²) in [5.74, 6) is -3.38. The number of aryl methyl sites for hydroxylation is 1. The molecule has 0 unspecified atom stereocenters. The predicted octanol–water partition coefficient (Wildman–Crippen LogP) is 3.43. The number of rotatable bonds is 3. The van der Waals surface area contributed by atoms with Gasteiger partial charge in [-0.15, -0.1) is 0 Å². The first-order valence-corrected chi connectivity index (χ1v) is 5.90. The van der Waals surface area contributed by atoms with Gasteiger partial charge in [-0.25, -0.2) is 4.39 Å². The van der Waals surface area contributed by atoms with E-state index in [1.165, 1.54) is 0 Å². The second-order valence-corrected chi connectivity index (χ2v) is 4.31. The zero-order valence-electron chi connectivity index (χ0n) is 10.9. The normalized spacial score (nSPS) is 10.2. The number of nitro benzene ring substituents is 1. The molecule has 0 atom stereocenters. The van der Waals surface area contributed by atoms with Crippen LogP contribution in [-0.4, -0.2) is 10.8 Å². The van der Waals surface area contributed by atoms with E-state index in [9.17, 15) is 23.7 Å². The van der Waals surface area contributed by atoms with Crippen LogP contribution in [-0.2, 0) is 0 Å². The third-order valence-electron chi connectivity index (χ3n) is 2.85. The molecule has 0 aromatic heterocycles. The van der Waals surface area contributed by atoms with Crippen LogP contribution < -0.4 is 5.32 Å². The largest absolute Gasteiger partial charge is 0.322 e. The molecule has 1 amide bonds. The van der Waals surface area contributed by atoms with Gasteiger partial charge in [0.25, 0.3) is 5.91 Å². The summed E-state index contributed by atoms with van der Waals surface area (Å²) in [6.45, 7) is 1.72. The van der Waals surface area contributed by atoms with Crippen LogP contribution in [0.2, 0.25) is 0 Å². The summed E-state index contributed by atoms with van der Waals surface area (Å²) >= 11 is 0. The highest BCUT2D eigenvalue weighted by atomic mass is 19.1. The van der Waals surface area contributed by atoms with Crippen LogP contribution in [0.4, 0.5) is 20.2 Å². The first kappa shape index (κ1) is 14.6. The van der Waals surface area contributed by atoms with E-state index in [-0.39, 0.29) is 0 Å². The first-order chi connectivity index (χ1) is 9.90. The molecular formula is C14H10F2N2O3. The van der Waals surface area contributed by atoms with Gasteiger partial charge in [0, 0.05) is 5.69 Å². The molecule has 0 aliphatic carbocycles. The maximum atomic E-state index is 13.9. The van der Waals surface area contributed by atoms with Gasteiger partial charge in [-0.05, 0) is 24.6 Å². The van der Waals surface area contributed by atoms with Crippen molar-refractivity contribution in [3.63, 3.8) is 0 Å². The summed E-state index contributed by atoms with van der Waals surface area (Å²) in [6.07, 6.45) is 0. The number of hydrogen-bond acceptors (Lipinski definition) is 3. The Kier molecular flexibility index (Phi) is 3.93. The number of anilines is 1. The molecule has 5 nitrogen and oxygen atoms in total. The second-order valence-electron chi connectivity index (χ2n) is 4.31. The van der Waals surface area contributed by atoms with E-state index in [1.54, 1.807) is 31.2 Å². The van der Waals surface area contributed by atoms with Crippen molar-refractivity contribution < 1.29 is 18.5 Å². The Bertz CT molecular complexity index is 732. The number of amides is 1. The van der Waals surface area contributed by atoms with Gasteiger partial charge in [-0.3, -0.25) is 14.9 Å². The Balaban J connectivity index is 2.40. The van der Waals surface area contributed by atoms with Crippen molar-refractivity contribution in [1.82, 2.24) is 0 Å². The van der Waals surface area contributed by atoms with E-state index in [2.05, 4.69) is 5.32 Å². The van der Waals surface area contributed by atoms with Crippen molar-refractivity contribution in [3.8, 4) is 0 Å². The van der Waals surface area contributed by atoms with Crippen molar-refractivity contribution in [3.05, 3.63) is 69.3 Å². The smallest absolute Gasteiger partial charge is 0.308 e. The van der Waals surface area contributed by atoms with Gasteiger partial charge in [0.1, 0.15) is 5.82 Å².